The maximum Gasteiger partial charge on any atom is 0.265 e. The number of ether oxygens (including phenoxy) is 2. The standard InChI is InChI=1S/C19H21FN2O5S/c1-12(27-15-7-3-13(20)4-8-15)19(23)21-17-11-16(9-10-18(17)26-2)28(24,25)22-14-5-6-14/h3-4,7-12,14,22H,5-6H2,1-2H3,(H,21,23)/t12-/m0/s1. The van der Waals surface area contributed by atoms with Crippen molar-refractivity contribution in [2.45, 2.75) is 36.8 Å². The molecule has 0 bridgehead atoms. The second kappa shape index (κ2) is 8.15. The molecule has 9 heteroatoms. The van der Waals surface area contributed by atoms with Crippen molar-refractivity contribution < 1.29 is 27.1 Å². The van der Waals surface area contributed by atoms with E-state index in [1.165, 1.54) is 56.5 Å². The maximum atomic E-state index is 13.0. The topological polar surface area (TPSA) is 93.7 Å². The predicted octanol–water partition coefficient (Wildman–Crippen LogP) is 2.68. The lowest BCUT2D eigenvalue weighted by molar-refractivity contribution is -0.122. The van der Waals surface area contributed by atoms with Crippen molar-refractivity contribution in [1.82, 2.24) is 4.72 Å². The Bertz CT molecular complexity index is 959. The summed E-state index contributed by atoms with van der Waals surface area (Å²) in [6.07, 6.45) is 0.731. The average Bonchev–Trinajstić information content (AvgIpc) is 3.46. The number of benzene rings is 2. The fourth-order valence-electron chi connectivity index (χ4n) is 2.45. The van der Waals surface area contributed by atoms with E-state index in [0.29, 0.717) is 11.5 Å². The largest absolute Gasteiger partial charge is 0.495 e. The van der Waals surface area contributed by atoms with Crippen molar-refractivity contribution in [3.8, 4) is 11.5 Å². The van der Waals surface area contributed by atoms with Crippen molar-refractivity contribution in [3.63, 3.8) is 0 Å². The van der Waals surface area contributed by atoms with E-state index in [0.717, 1.165) is 12.8 Å². The number of sulfonamides is 1. The smallest absolute Gasteiger partial charge is 0.265 e. The van der Waals surface area contributed by atoms with Gasteiger partial charge in [-0.05, 0) is 62.2 Å². The molecule has 0 spiro atoms. The average molecular weight is 408 g/mol. The van der Waals surface area contributed by atoms with Crippen molar-refractivity contribution in [2.75, 3.05) is 12.4 Å². The van der Waals surface area contributed by atoms with Gasteiger partial charge in [0, 0.05) is 6.04 Å². The maximum absolute atomic E-state index is 13.0. The minimum atomic E-state index is -3.68. The molecule has 1 aliphatic carbocycles. The predicted molar refractivity (Wildman–Crippen MR) is 101 cm³/mol. The van der Waals surface area contributed by atoms with E-state index in [-0.39, 0.29) is 16.6 Å². The first kappa shape index (κ1) is 20.1. The van der Waals surface area contributed by atoms with Crippen molar-refractivity contribution >= 4 is 21.6 Å². The Kier molecular flexibility index (Phi) is 5.85. The molecule has 0 aliphatic heterocycles. The summed E-state index contributed by atoms with van der Waals surface area (Å²) in [5.74, 6) is -0.270. The fraction of sp³-hybridized carbons (Fsp3) is 0.316. The molecule has 0 aromatic heterocycles. The SMILES string of the molecule is COc1ccc(S(=O)(=O)NC2CC2)cc1NC(=O)[C@H](C)Oc1ccc(F)cc1. The van der Waals surface area contributed by atoms with Crippen LogP contribution in [0.1, 0.15) is 19.8 Å². The molecule has 1 amide bonds. The van der Waals surface area contributed by atoms with Gasteiger partial charge in [0.05, 0.1) is 17.7 Å². The van der Waals surface area contributed by atoms with E-state index >= 15 is 0 Å². The highest BCUT2D eigenvalue weighted by molar-refractivity contribution is 7.89. The summed E-state index contributed by atoms with van der Waals surface area (Å²) in [5, 5.41) is 2.62. The van der Waals surface area contributed by atoms with Crippen LogP contribution in [0.4, 0.5) is 10.1 Å². The lowest BCUT2D eigenvalue weighted by Crippen LogP contribution is -2.30. The second-order valence-corrected chi connectivity index (χ2v) is 8.17. The van der Waals surface area contributed by atoms with Crippen LogP contribution >= 0.6 is 0 Å². The quantitative estimate of drug-likeness (QED) is 0.701. The van der Waals surface area contributed by atoms with Gasteiger partial charge >= 0.3 is 0 Å². The molecule has 0 heterocycles. The Labute approximate surface area is 162 Å². The van der Waals surface area contributed by atoms with Crippen molar-refractivity contribution in [1.29, 1.82) is 0 Å². The van der Waals surface area contributed by atoms with E-state index in [4.69, 9.17) is 9.47 Å². The van der Waals surface area contributed by atoms with Crippen LogP contribution in [0.2, 0.25) is 0 Å². The van der Waals surface area contributed by atoms with Gasteiger partial charge in [-0.3, -0.25) is 4.79 Å². The molecule has 2 aromatic carbocycles. The van der Waals surface area contributed by atoms with Gasteiger partial charge in [0.15, 0.2) is 6.10 Å². The van der Waals surface area contributed by atoms with Gasteiger partial charge in [-0.25, -0.2) is 17.5 Å². The van der Waals surface area contributed by atoms with Crippen LogP contribution in [-0.4, -0.2) is 33.6 Å². The van der Waals surface area contributed by atoms with Gasteiger partial charge in [-0.15, -0.1) is 0 Å². The van der Waals surface area contributed by atoms with Gasteiger partial charge in [-0.1, -0.05) is 0 Å². The van der Waals surface area contributed by atoms with Gasteiger partial charge in [-0.2, -0.15) is 0 Å². The van der Waals surface area contributed by atoms with Crippen molar-refractivity contribution in [2.24, 2.45) is 0 Å². The molecule has 1 aliphatic rings. The molecule has 2 N–H and O–H groups in total. The fourth-order valence-corrected chi connectivity index (χ4v) is 3.78. The number of hydrogen-bond acceptors (Lipinski definition) is 5. The number of carbonyl (C=O) groups is 1. The lowest BCUT2D eigenvalue weighted by atomic mass is 10.2. The molecule has 0 unspecified atom stereocenters. The first-order valence-corrected chi connectivity index (χ1v) is 10.2. The first-order chi connectivity index (χ1) is 13.3. The Morgan fingerprint density at radius 1 is 1.18 bits per heavy atom. The Morgan fingerprint density at radius 3 is 2.46 bits per heavy atom. The molecule has 7 nitrogen and oxygen atoms in total. The number of methoxy groups -OCH3 is 1. The second-order valence-electron chi connectivity index (χ2n) is 6.46. The van der Waals surface area contributed by atoms with Crippen LogP contribution < -0.4 is 19.5 Å². The summed E-state index contributed by atoms with van der Waals surface area (Å²) in [7, 11) is -2.26. The van der Waals surface area contributed by atoms with E-state index in [2.05, 4.69) is 10.0 Å². The molecule has 1 fully saturated rings. The van der Waals surface area contributed by atoms with Crippen LogP contribution in [0.5, 0.6) is 11.5 Å². The Balaban J connectivity index is 1.74. The van der Waals surface area contributed by atoms with Crippen LogP contribution in [-0.2, 0) is 14.8 Å². The zero-order valence-electron chi connectivity index (χ0n) is 15.4. The van der Waals surface area contributed by atoms with Crippen LogP contribution in [0.25, 0.3) is 0 Å². The highest BCUT2D eigenvalue weighted by Gasteiger charge is 2.28. The normalized spacial score (nSPS) is 15.0. The molecule has 0 saturated heterocycles. The Hall–Kier alpha value is -2.65. The third kappa shape index (κ3) is 4.99. The number of nitrogens with one attached hydrogen (secondary N) is 2. The number of rotatable bonds is 8. The number of anilines is 1. The summed E-state index contributed by atoms with van der Waals surface area (Å²) in [5.41, 5.74) is 0.209. The number of hydrogen-bond donors (Lipinski definition) is 2. The molecular formula is C19H21FN2O5S. The van der Waals surface area contributed by atoms with Gasteiger partial charge in [0.25, 0.3) is 5.91 Å². The molecular weight excluding hydrogens is 387 g/mol. The lowest BCUT2D eigenvalue weighted by Gasteiger charge is -2.17. The molecule has 1 saturated carbocycles. The van der Waals surface area contributed by atoms with E-state index in [1.807, 2.05) is 0 Å². The zero-order chi connectivity index (χ0) is 20.3. The van der Waals surface area contributed by atoms with E-state index in [9.17, 15) is 17.6 Å². The monoisotopic (exact) mass is 408 g/mol. The summed E-state index contributed by atoms with van der Waals surface area (Å²) >= 11 is 0. The highest BCUT2D eigenvalue weighted by Crippen LogP contribution is 2.29. The molecule has 3 rings (SSSR count). The van der Waals surface area contributed by atoms with Gasteiger partial charge < -0.3 is 14.8 Å². The van der Waals surface area contributed by atoms with Gasteiger partial charge in [0.1, 0.15) is 17.3 Å². The van der Waals surface area contributed by atoms with Crippen LogP contribution in [0.15, 0.2) is 47.4 Å². The van der Waals surface area contributed by atoms with Gasteiger partial charge in [0.2, 0.25) is 10.0 Å². The minimum absolute atomic E-state index is 0.0302. The molecule has 1 atom stereocenters. The molecule has 0 radical (unpaired) electrons. The third-order valence-electron chi connectivity index (χ3n) is 4.13. The van der Waals surface area contributed by atoms with Crippen LogP contribution in [0, 0.1) is 5.82 Å². The summed E-state index contributed by atoms with van der Waals surface area (Å²) in [6, 6.07) is 9.47. The minimum Gasteiger partial charge on any atom is -0.495 e. The zero-order valence-corrected chi connectivity index (χ0v) is 16.3. The summed E-state index contributed by atoms with van der Waals surface area (Å²) < 4.78 is 51.1. The number of carbonyl (C=O) groups excluding carboxylic acids is 1. The summed E-state index contributed by atoms with van der Waals surface area (Å²) in [6.45, 7) is 1.53. The van der Waals surface area contributed by atoms with Crippen molar-refractivity contribution in [3.05, 3.63) is 48.3 Å². The molecule has 150 valence electrons. The molecule has 2 aromatic rings. The summed E-state index contributed by atoms with van der Waals surface area (Å²) in [4.78, 5) is 12.5. The third-order valence-corrected chi connectivity index (χ3v) is 5.65. The first-order valence-electron chi connectivity index (χ1n) is 8.72. The van der Waals surface area contributed by atoms with E-state index < -0.39 is 27.9 Å². The molecule has 28 heavy (non-hydrogen) atoms. The highest BCUT2D eigenvalue weighted by atomic mass is 32.2. The van der Waals surface area contributed by atoms with E-state index in [1.54, 1.807) is 0 Å². The number of halogens is 1. The Morgan fingerprint density at radius 2 is 1.86 bits per heavy atom. The van der Waals surface area contributed by atoms with Crippen LogP contribution in [0.3, 0.4) is 0 Å². The number of amides is 1.